The van der Waals surface area contributed by atoms with Crippen molar-refractivity contribution in [1.82, 2.24) is 0 Å². The fourth-order valence-electron chi connectivity index (χ4n) is 4.61. The molecule has 1 aromatic heterocycles. The Morgan fingerprint density at radius 3 is 1.93 bits per heavy atom. The van der Waals surface area contributed by atoms with E-state index in [0.717, 1.165) is 24.3 Å². The van der Waals surface area contributed by atoms with Gasteiger partial charge in [-0.3, -0.25) is 4.79 Å². The van der Waals surface area contributed by atoms with Crippen LogP contribution in [-0.4, -0.2) is 99.5 Å². The van der Waals surface area contributed by atoms with Crippen molar-refractivity contribution in [3.05, 3.63) is 52.2 Å². The van der Waals surface area contributed by atoms with Gasteiger partial charge in [-0.2, -0.15) is 0 Å². The summed E-state index contributed by atoms with van der Waals surface area (Å²) in [6, 6.07) is 4.82. The van der Waals surface area contributed by atoms with Gasteiger partial charge in [0.1, 0.15) is 40.8 Å². The van der Waals surface area contributed by atoms with E-state index in [-0.39, 0.29) is 5.56 Å². The number of esters is 1. The fourth-order valence-corrected chi connectivity index (χ4v) is 4.61. The van der Waals surface area contributed by atoms with Gasteiger partial charge in [0.25, 0.3) is 0 Å². The van der Waals surface area contributed by atoms with Crippen molar-refractivity contribution in [2.75, 3.05) is 6.61 Å². The molecule has 0 saturated carbocycles. The van der Waals surface area contributed by atoms with Crippen molar-refractivity contribution in [1.29, 1.82) is 0 Å². The third-order valence-corrected chi connectivity index (χ3v) is 6.86. The summed E-state index contributed by atoms with van der Waals surface area (Å²) >= 11 is 0. The summed E-state index contributed by atoms with van der Waals surface area (Å²) in [5, 5.41) is 110. The first-order chi connectivity index (χ1) is 21.2. The molecule has 5 rings (SSSR count). The fraction of sp³-hybridized carbons (Fsp3) is 0.214. The number of benzene rings is 3. The molecule has 0 unspecified atom stereocenters. The summed E-state index contributed by atoms with van der Waals surface area (Å²) in [6.07, 6.45) is -9.68. The lowest BCUT2D eigenvalue weighted by Crippen LogP contribution is -2.61. The number of aromatic hydroxyl groups is 8. The largest absolute Gasteiger partial charge is 0.508 e. The Bertz CT molecular complexity index is 1820. The number of phenolic OH excluding ortho intramolecular Hbond substituents is 8. The number of fused-ring (bicyclic) bond motifs is 1. The van der Waals surface area contributed by atoms with E-state index < -0.39 is 123 Å². The number of ether oxygens (including phenoxy) is 3. The second kappa shape index (κ2) is 11.5. The molecule has 11 N–H and O–H groups in total. The number of rotatable bonds is 6. The van der Waals surface area contributed by atoms with Crippen LogP contribution in [0.3, 0.4) is 0 Å². The molecular weight excluding hydrogens is 608 g/mol. The van der Waals surface area contributed by atoms with E-state index in [2.05, 4.69) is 0 Å². The number of carbonyl (C=O) groups is 1. The van der Waals surface area contributed by atoms with Crippen molar-refractivity contribution < 1.29 is 79.6 Å². The molecule has 1 fully saturated rings. The van der Waals surface area contributed by atoms with Gasteiger partial charge in [0, 0.05) is 17.7 Å². The number of phenols is 8. The van der Waals surface area contributed by atoms with Gasteiger partial charge in [-0.1, -0.05) is 0 Å². The quantitative estimate of drug-likeness (QED) is 0.0995. The highest BCUT2D eigenvalue weighted by atomic mass is 16.7. The van der Waals surface area contributed by atoms with Gasteiger partial charge in [0.2, 0.25) is 17.5 Å². The predicted molar refractivity (Wildman–Crippen MR) is 145 cm³/mol. The minimum Gasteiger partial charge on any atom is -0.508 e. The average Bonchev–Trinajstić information content (AvgIpc) is 2.98. The van der Waals surface area contributed by atoms with Crippen LogP contribution in [-0.2, 0) is 9.47 Å². The van der Waals surface area contributed by atoms with Crippen LogP contribution in [0.2, 0.25) is 0 Å². The van der Waals surface area contributed by atoms with E-state index >= 15 is 0 Å². The molecule has 0 amide bonds. The Morgan fingerprint density at radius 1 is 0.778 bits per heavy atom. The topological polar surface area (TPSA) is 298 Å². The lowest BCUT2D eigenvalue weighted by molar-refractivity contribution is -0.276. The van der Waals surface area contributed by atoms with E-state index in [1.54, 1.807) is 0 Å². The van der Waals surface area contributed by atoms with E-state index in [1.807, 2.05) is 0 Å². The Kier molecular flexibility index (Phi) is 7.86. The summed E-state index contributed by atoms with van der Waals surface area (Å²) in [7, 11) is 0. The molecule has 1 saturated heterocycles. The summed E-state index contributed by atoms with van der Waals surface area (Å²) in [4.78, 5) is 26.7. The van der Waals surface area contributed by atoms with Crippen molar-refractivity contribution in [3.63, 3.8) is 0 Å². The second-order valence-corrected chi connectivity index (χ2v) is 9.85. The predicted octanol–water partition coefficient (Wildman–Crippen LogP) is 0.148. The maximum atomic E-state index is 13.7. The minimum atomic E-state index is -2.08. The summed E-state index contributed by atoms with van der Waals surface area (Å²) < 4.78 is 22.1. The third kappa shape index (κ3) is 5.47. The first-order valence-electron chi connectivity index (χ1n) is 12.7. The lowest BCUT2D eigenvalue weighted by Gasteiger charge is -2.41. The average molecular weight is 632 g/mol. The van der Waals surface area contributed by atoms with Crippen molar-refractivity contribution in [2.24, 2.45) is 0 Å². The molecule has 5 atom stereocenters. The molecule has 0 aliphatic carbocycles. The van der Waals surface area contributed by atoms with Crippen LogP contribution < -0.4 is 10.2 Å². The summed E-state index contributed by atoms with van der Waals surface area (Å²) in [5.74, 6) is -9.65. The second-order valence-electron chi connectivity index (χ2n) is 9.85. The standard InChI is InChI=1S/C28H24O17/c29-7-17-21(38)23(40)26(44-27(41)9-3-14(34)20(37)15(35)4-9)28(43-17)45-25-22(39)18-11(31)5-10(30)6-16(18)42-24(25)8-1-12(32)19(36)13(33)2-8/h1-6,17,21,23,26,28-38,40H,7H2/t17-,21+,23-,26+,28-/m0/s1. The third-order valence-electron chi connectivity index (χ3n) is 6.86. The van der Waals surface area contributed by atoms with Gasteiger partial charge in [0.05, 0.1) is 12.2 Å². The van der Waals surface area contributed by atoms with Crippen LogP contribution >= 0.6 is 0 Å². The molecule has 0 radical (unpaired) electrons. The minimum absolute atomic E-state index is 0.321. The Balaban J connectivity index is 1.65. The molecule has 17 nitrogen and oxygen atoms in total. The molecule has 45 heavy (non-hydrogen) atoms. The first-order valence-corrected chi connectivity index (χ1v) is 12.7. The monoisotopic (exact) mass is 632 g/mol. The van der Waals surface area contributed by atoms with Gasteiger partial charge in [0.15, 0.2) is 46.4 Å². The number of hydrogen-bond acceptors (Lipinski definition) is 17. The number of aliphatic hydroxyl groups excluding tert-OH is 3. The molecule has 238 valence electrons. The SMILES string of the molecule is O=C(O[C@H]1[C@H](Oc2c(-c3cc(O)c(O)c(O)c3)oc3cc(O)cc(O)c3c2=O)O[C@@H](CO)[C@@H](O)[C@@H]1O)c1cc(O)c(O)c(O)c1. The smallest absolute Gasteiger partial charge is 0.339 e. The zero-order valence-corrected chi connectivity index (χ0v) is 22.4. The van der Waals surface area contributed by atoms with Crippen LogP contribution in [0.25, 0.3) is 22.3 Å². The van der Waals surface area contributed by atoms with Gasteiger partial charge in [-0.05, 0) is 24.3 Å². The van der Waals surface area contributed by atoms with Crippen molar-refractivity contribution >= 4 is 16.9 Å². The van der Waals surface area contributed by atoms with Gasteiger partial charge in [-0.15, -0.1) is 0 Å². The molecule has 4 aromatic rings. The van der Waals surface area contributed by atoms with Gasteiger partial charge < -0.3 is 74.8 Å². The summed E-state index contributed by atoms with van der Waals surface area (Å²) in [6.45, 7) is -0.919. The molecule has 0 spiro atoms. The highest BCUT2D eigenvalue weighted by Gasteiger charge is 2.49. The Labute approximate surface area is 249 Å². The Morgan fingerprint density at radius 2 is 1.36 bits per heavy atom. The maximum absolute atomic E-state index is 13.7. The van der Waals surface area contributed by atoms with E-state index in [0.29, 0.717) is 12.1 Å². The van der Waals surface area contributed by atoms with Crippen molar-refractivity contribution in [2.45, 2.75) is 30.7 Å². The first kappa shape index (κ1) is 30.8. The number of hydrogen-bond donors (Lipinski definition) is 11. The van der Waals surface area contributed by atoms with Gasteiger partial charge >= 0.3 is 5.97 Å². The molecule has 2 heterocycles. The van der Waals surface area contributed by atoms with E-state index in [1.165, 1.54) is 0 Å². The van der Waals surface area contributed by atoms with Crippen LogP contribution in [0.15, 0.2) is 45.6 Å². The molecule has 0 bridgehead atoms. The summed E-state index contributed by atoms with van der Waals surface area (Å²) in [5.41, 5.74) is -2.47. The van der Waals surface area contributed by atoms with Crippen LogP contribution in [0, 0.1) is 0 Å². The maximum Gasteiger partial charge on any atom is 0.339 e. The van der Waals surface area contributed by atoms with E-state index in [9.17, 15) is 65.8 Å². The molecular formula is C28H24O17. The van der Waals surface area contributed by atoms with Crippen LogP contribution in [0.4, 0.5) is 0 Å². The normalized spacial score (nSPS) is 21.4. The molecule has 1 aliphatic heterocycles. The van der Waals surface area contributed by atoms with Crippen molar-refractivity contribution in [3.8, 4) is 63.1 Å². The zero-order valence-electron chi connectivity index (χ0n) is 22.4. The molecule has 1 aliphatic rings. The van der Waals surface area contributed by atoms with Crippen LogP contribution in [0.5, 0.6) is 51.7 Å². The van der Waals surface area contributed by atoms with E-state index in [4.69, 9.17) is 18.6 Å². The van der Waals surface area contributed by atoms with Crippen LogP contribution in [0.1, 0.15) is 10.4 Å². The molecule has 17 heteroatoms. The zero-order chi connectivity index (χ0) is 32.9. The highest BCUT2D eigenvalue weighted by molar-refractivity contribution is 5.91. The highest BCUT2D eigenvalue weighted by Crippen LogP contribution is 2.43. The number of carbonyl (C=O) groups excluding carboxylic acids is 1. The van der Waals surface area contributed by atoms with Gasteiger partial charge in [-0.25, -0.2) is 4.79 Å². The number of aliphatic hydroxyl groups is 3. The molecule has 3 aromatic carbocycles. The lowest BCUT2D eigenvalue weighted by atomic mass is 9.99. The Hall–Kier alpha value is -5.62.